The summed E-state index contributed by atoms with van der Waals surface area (Å²) in [6.07, 6.45) is 1.72. The summed E-state index contributed by atoms with van der Waals surface area (Å²) in [7, 11) is 0. The van der Waals surface area contributed by atoms with E-state index in [-0.39, 0.29) is 30.8 Å². The normalized spacial score (nSPS) is 21.1. The highest BCUT2D eigenvalue weighted by Crippen LogP contribution is 2.22. The molecule has 0 saturated carbocycles. The fraction of sp³-hybridized carbons (Fsp3) is 0.400. The van der Waals surface area contributed by atoms with Gasteiger partial charge in [-0.2, -0.15) is 0 Å². The maximum absolute atomic E-state index is 11.7. The second-order valence-electron chi connectivity index (χ2n) is 3.46. The van der Waals surface area contributed by atoms with Crippen LogP contribution in [0.3, 0.4) is 0 Å². The van der Waals surface area contributed by atoms with Crippen molar-refractivity contribution in [3.05, 3.63) is 24.2 Å². The van der Waals surface area contributed by atoms with E-state index >= 15 is 0 Å². The molecule has 0 bridgehead atoms. The van der Waals surface area contributed by atoms with Crippen LogP contribution >= 0.6 is 11.6 Å². The summed E-state index contributed by atoms with van der Waals surface area (Å²) in [5, 5.41) is 2.70. The van der Waals surface area contributed by atoms with E-state index in [9.17, 15) is 9.59 Å². The number of urea groups is 1. The molecule has 1 aromatic rings. The SMILES string of the molecule is O=C1CC(c2ccco2)NC(=O)N1CCCl. The van der Waals surface area contributed by atoms with Gasteiger partial charge in [-0.3, -0.25) is 9.69 Å². The standard InChI is InChI=1S/C10H11ClN2O3/c11-3-4-13-9(14)6-7(12-10(13)15)8-2-1-5-16-8/h1-2,5,7H,3-4,6H2,(H,12,15). The number of carbonyl (C=O) groups excluding carboxylic acids is 2. The summed E-state index contributed by atoms with van der Waals surface area (Å²) in [5.74, 6) is 0.600. The number of imide groups is 1. The topological polar surface area (TPSA) is 62.6 Å². The van der Waals surface area contributed by atoms with E-state index in [1.165, 1.54) is 6.26 Å². The van der Waals surface area contributed by atoms with Crippen LogP contribution in [0, 0.1) is 0 Å². The van der Waals surface area contributed by atoms with Crippen LogP contribution in [0.4, 0.5) is 4.79 Å². The Balaban J connectivity index is 2.09. The van der Waals surface area contributed by atoms with Crippen molar-refractivity contribution in [3.8, 4) is 0 Å². The summed E-state index contributed by atoms with van der Waals surface area (Å²) >= 11 is 5.51. The van der Waals surface area contributed by atoms with Gasteiger partial charge in [0, 0.05) is 12.4 Å². The highest BCUT2D eigenvalue weighted by molar-refractivity contribution is 6.18. The van der Waals surface area contributed by atoms with Gasteiger partial charge in [-0.25, -0.2) is 4.79 Å². The average Bonchev–Trinajstić information content (AvgIpc) is 2.76. The number of alkyl halides is 1. The minimum absolute atomic E-state index is 0.205. The maximum atomic E-state index is 11.7. The lowest BCUT2D eigenvalue weighted by Crippen LogP contribution is -2.51. The number of carbonyl (C=O) groups is 2. The molecule has 16 heavy (non-hydrogen) atoms. The van der Waals surface area contributed by atoms with Crippen LogP contribution in [0.1, 0.15) is 18.2 Å². The third-order valence-electron chi connectivity index (χ3n) is 2.42. The molecule has 1 saturated heterocycles. The lowest BCUT2D eigenvalue weighted by molar-refractivity contribution is -0.130. The fourth-order valence-corrected chi connectivity index (χ4v) is 1.82. The number of halogens is 1. The van der Waals surface area contributed by atoms with E-state index in [0.717, 1.165) is 4.90 Å². The van der Waals surface area contributed by atoms with Crippen molar-refractivity contribution in [1.29, 1.82) is 0 Å². The zero-order valence-corrected chi connectivity index (χ0v) is 9.24. The zero-order valence-electron chi connectivity index (χ0n) is 8.48. The Bertz CT molecular complexity index is 373. The second-order valence-corrected chi connectivity index (χ2v) is 3.83. The van der Waals surface area contributed by atoms with Crippen molar-refractivity contribution >= 4 is 23.5 Å². The number of nitrogens with zero attached hydrogens (tertiary/aromatic N) is 1. The van der Waals surface area contributed by atoms with Crippen LogP contribution in [-0.2, 0) is 4.79 Å². The number of amides is 3. The molecular formula is C10H11ClN2O3. The van der Waals surface area contributed by atoms with Crippen molar-refractivity contribution < 1.29 is 14.0 Å². The van der Waals surface area contributed by atoms with Crippen molar-refractivity contribution in [2.45, 2.75) is 12.5 Å². The summed E-state index contributed by atoms with van der Waals surface area (Å²) in [6.45, 7) is 0.233. The van der Waals surface area contributed by atoms with Crippen LogP contribution in [-0.4, -0.2) is 29.3 Å². The molecule has 1 aliphatic rings. The molecule has 1 aliphatic heterocycles. The molecule has 2 heterocycles. The Hall–Kier alpha value is -1.49. The van der Waals surface area contributed by atoms with E-state index < -0.39 is 6.03 Å². The lowest BCUT2D eigenvalue weighted by Gasteiger charge is -2.29. The number of hydrogen-bond donors (Lipinski definition) is 1. The average molecular weight is 243 g/mol. The molecule has 0 aromatic carbocycles. The molecule has 86 valence electrons. The number of hydrogen-bond acceptors (Lipinski definition) is 3. The Morgan fingerprint density at radius 1 is 1.56 bits per heavy atom. The Morgan fingerprint density at radius 3 is 2.94 bits per heavy atom. The quantitative estimate of drug-likeness (QED) is 0.817. The van der Waals surface area contributed by atoms with Gasteiger partial charge in [0.2, 0.25) is 5.91 Å². The maximum Gasteiger partial charge on any atom is 0.324 e. The first-order valence-electron chi connectivity index (χ1n) is 4.92. The molecule has 0 spiro atoms. The van der Waals surface area contributed by atoms with E-state index in [2.05, 4.69) is 5.32 Å². The van der Waals surface area contributed by atoms with Gasteiger partial charge in [0.05, 0.1) is 18.7 Å². The minimum atomic E-state index is -0.418. The van der Waals surface area contributed by atoms with E-state index in [4.69, 9.17) is 16.0 Å². The number of rotatable bonds is 3. The fourth-order valence-electron chi connectivity index (χ4n) is 1.65. The molecule has 1 N–H and O–H groups in total. The number of nitrogens with one attached hydrogen (secondary N) is 1. The second kappa shape index (κ2) is 4.57. The largest absolute Gasteiger partial charge is 0.467 e. The van der Waals surface area contributed by atoms with Crippen LogP contribution < -0.4 is 5.32 Å². The molecule has 5 nitrogen and oxygen atoms in total. The Kier molecular flexibility index (Phi) is 3.14. The van der Waals surface area contributed by atoms with E-state index in [1.54, 1.807) is 12.1 Å². The molecule has 0 aliphatic carbocycles. The third kappa shape index (κ3) is 2.04. The van der Waals surface area contributed by atoms with Gasteiger partial charge in [-0.15, -0.1) is 11.6 Å². The predicted molar refractivity (Wildman–Crippen MR) is 57.0 cm³/mol. The molecule has 1 fully saturated rings. The predicted octanol–water partition coefficient (Wildman–Crippen LogP) is 1.50. The van der Waals surface area contributed by atoms with Gasteiger partial charge in [0.1, 0.15) is 5.76 Å². The summed E-state index contributed by atoms with van der Waals surface area (Å²) < 4.78 is 5.15. The zero-order chi connectivity index (χ0) is 11.5. The van der Waals surface area contributed by atoms with Gasteiger partial charge in [0.25, 0.3) is 0 Å². The highest BCUT2D eigenvalue weighted by atomic mass is 35.5. The molecule has 6 heteroatoms. The van der Waals surface area contributed by atoms with Crippen LogP contribution in [0.25, 0.3) is 0 Å². The van der Waals surface area contributed by atoms with Crippen LogP contribution in [0.15, 0.2) is 22.8 Å². The van der Waals surface area contributed by atoms with Gasteiger partial charge in [-0.05, 0) is 12.1 Å². The molecule has 1 unspecified atom stereocenters. The van der Waals surface area contributed by atoms with Gasteiger partial charge >= 0.3 is 6.03 Å². The van der Waals surface area contributed by atoms with Crippen LogP contribution in [0.2, 0.25) is 0 Å². The lowest BCUT2D eigenvalue weighted by atomic mass is 10.1. The third-order valence-corrected chi connectivity index (χ3v) is 2.59. The summed E-state index contributed by atoms with van der Waals surface area (Å²) in [4.78, 5) is 24.4. The first kappa shape index (κ1) is 11.0. The van der Waals surface area contributed by atoms with Crippen molar-refractivity contribution in [2.75, 3.05) is 12.4 Å². The first-order valence-corrected chi connectivity index (χ1v) is 5.46. The van der Waals surface area contributed by atoms with E-state index in [0.29, 0.717) is 5.76 Å². The molecule has 1 atom stereocenters. The Labute approximate surface area is 97.3 Å². The molecular weight excluding hydrogens is 232 g/mol. The highest BCUT2D eigenvalue weighted by Gasteiger charge is 2.33. The summed E-state index contributed by atoms with van der Waals surface area (Å²) in [5.41, 5.74) is 0. The van der Waals surface area contributed by atoms with Crippen molar-refractivity contribution in [2.24, 2.45) is 0 Å². The number of furan rings is 1. The van der Waals surface area contributed by atoms with Gasteiger partial charge < -0.3 is 9.73 Å². The smallest absolute Gasteiger partial charge is 0.324 e. The van der Waals surface area contributed by atoms with Gasteiger partial charge in [0.15, 0.2) is 0 Å². The molecule has 0 radical (unpaired) electrons. The van der Waals surface area contributed by atoms with Crippen LogP contribution in [0.5, 0.6) is 0 Å². The van der Waals surface area contributed by atoms with Gasteiger partial charge in [-0.1, -0.05) is 0 Å². The van der Waals surface area contributed by atoms with Crippen molar-refractivity contribution in [1.82, 2.24) is 10.2 Å². The summed E-state index contributed by atoms with van der Waals surface area (Å²) in [6, 6.07) is 2.66. The monoisotopic (exact) mass is 242 g/mol. The molecule has 1 aromatic heterocycles. The van der Waals surface area contributed by atoms with E-state index in [1.807, 2.05) is 0 Å². The first-order chi connectivity index (χ1) is 7.72. The molecule has 3 amide bonds. The van der Waals surface area contributed by atoms with Crippen molar-refractivity contribution in [3.63, 3.8) is 0 Å². The minimum Gasteiger partial charge on any atom is -0.467 e. The Morgan fingerprint density at radius 2 is 2.38 bits per heavy atom. The molecule has 2 rings (SSSR count).